The minimum atomic E-state index is -1.35. The molecule has 25 heavy (non-hydrogen) atoms. The molecule has 1 atom stereocenters. The molecule has 1 amide bonds. The molecule has 1 aliphatic rings. The maximum Gasteiger partial charge on any atom is 0.277 e. The Labute approximate surface area is 150 Å². The van der Waals surface area contributed by atoms with Crippen molar-refractivity contribution >= 4 is 36.3 Å². The molecule has 0 bridgehead atoms. The minimum absolute atomic E-state index is 0.0962. The van der Waals surface area contributed by atoms with Crippen LogP contribution < -0.4 is 10.8 Å². The lowest BCUT2D eigenvalue weighted by molar-refractivity contribution is -0.0295. The zero-order chi connectivity index (χ0) is 18.4. The summed E-state index contributed by atoms with van der Waals surface area (Å²) in [7, 11) is 0. The van der Waals surface area contributed by atoms with Crippen LogP contribution in [0.25, 0.3) is 0 Å². The van der Waals surface area contributed by atoms with E-state index in [1.54, 1.807) is 4.08 Å². The molecule has 1 aromatic rings. The van der Waals surface area contributed by atoms with Crippen molar-refractivity contribution in [2.75, 3.05) is 18.5 Å². The fraction of sp³-hybridized carbons (Fsp3) is 0.200. The lowest BCUT2D eigenvalue weighted by atomic mass is 10.1. The van der Waals surface area contributed by atoms with E-state index in [1.165, 1.54) is 10.1 Å². The van der Waals surface area contributed by atoms with Gasteiger partial charge in [-0.15, -0.1) is 0 Å². The van der Waals surface area contributed by atoms with Gasteiger partial charge in [-0.1, -0.05) is 20.7 Å². The largest absolute Gasteiger partial charge is 0.394 e. The van der Waals surface area contributed by atoms with Crippen LogP contribution in [-0.4, -0.2) is 39.4 Å². The highest BCUT2D eigenvalue weighted by atomic mass is 127. The Morgan fingerprint density at radius 2 is 2.08 bits per heavy atom. The molecular weight excluding hydrogens is 456 g/mol. The Hall–Kier alpha value is -1.76. The molecule has 0 fully saturated rings. The molecule has 136 valence electrons. The van der Waals surface area contributed by atoms with Crippen molar-refractivity contribution in [3.8, 4) is 0 Å². The van der Waals surface area contributed by atoms with Gasteiger partial charge in [0.1, 0.15) is 12.7 Å². The quantitative estimate of drug-likeness (QED) is 0.361. The monoisotopic (exact) mass is 470 g/mol. The number of allylic oxidation sites excluding steroid dienone is 2. The van der Waals surface area contributed by atoms with Crippen LogP contribution >= 0.6 is 20.7 Å². The Kier molecular flexibility index (Phi) is 7.11. The van der Waals surface area contributed by atoms with Gasteiger partial charge >= 0.3 is 0 Å². The van der Waals surface area contributed by atoms with E-state index < -0.39 is 69.1 Å². The molecule has 1 aromatic carbocycles. The number of amides is 1. The molecule has 0 saturated carbocycles. The standard InChI is InChI=1S/C15H14F3IN2O4/c16-10-2-1-9(15(24)21-25-7-8(23)6-22)14(13(10)18)20-12-3-4-19-5-11(12)17/h1-5,8,20,22-23H,6-7H2,(H,21,24). The topological polar surface area (TPSA) is 90.8 Å². The van der Waals surface area contributed by atoms with Gasteiger partial charge in [0.05, 0.1) is 23.6 Å². The number of benzene rings is 1. The van der Waals surface area contributed by atoms with Crippen LogP contribution in [0.5, 0.6) is 0 Å². The number of hydrogen-bond donors (Lipinski definition) is 4. The van der Waals surface area contributed by atoms with Crippen LogP contribution in [0.1, 0.15) is 10.4 Å². The van der Waals surface area contributed by atoms with Gasteiger partial charge in [-0.05, 0) is 22.3 Å². The highest BCUT2D eigenvalue weighted by Crippen LogP contribution is 2.27. The van der Waals surface area contributed by atoms with Crippen molar-refractivity contribution in [1.82, 2.24) is 5.48 Å². The predicted octanol–water partition coefficient (Wildman–Crippen LogP) is 1.87. The van der Waals surface area contributed by atoms with Crippen LogP contribution in [-0.2, 0) is 4.84 Å². The van der Waals surface area contributed by atoms with Crippen molar-refractivity contribution < 1.29 is 33.0 Å². The number of aliphatic hydroxyl groups excluding tert-OH is 2. The molecule has 1 unspecified atom stereocenters. The normalized spacial score (nSPS) is 14.9. The average Bonchev–Trinajstić information content (AvgIpc) is 2.60. The maximum atomic E-state index is 14.1. The Morgan fingerprint density at radius 1 is 1.32 bits per heavy atom. The first-order valence-corrected chi connectivity index (χ1v) is 9.40. The first-order valence-electron chi connectivity index (χ1n) is 6.91. The van der Waals surface area contributed by atoms with Crippen LogP contribution in [0.4, 0.5) is 18.9 Å². The van der Waals surface area contributed by atoms with Gasteiger partial charge in [0.25, 0.3) is 5.91 Å². The molecule has 0 aliphatic carbocycles. The highest BCUT2D eigenvalue weighted by molar-refractivity contribution is 14.2. The SMILES string of the molecule is O=C(NOCC(O)CO)c1ccc(F)c(F)c1NC1=C(F)C=IC=C1. The summed E-state index contributed by atoms with van der Waals surface area (Å²) in [4.78, 5) is 16.8. The minimum Gasteiger partial charge on any atom is -0.394 e. The van der Waals surface area contributed by atoms with E-state index in [2.05, 4.69) is 10.2 Å². The summed E-state index contributed by atoms with van der Waals surface area (Å²) in [5, 5.41) is 20.1. The molecular formula is C15H14F3IN2O4. The van der Waals surface area contributed by atoms with Crippen LogP contribution in [0.15, 0.2) is 33.8 Å². The van der Waals surface area contributed by atoms with Crippen molar-refractivity contribution in [1.29, 1.82) is 0 Å². The first kappa shape index (κ1) is 19.6. The van der Waals surface area contributed by atoms with Gasteiger partial charge in [-0.25, -0.2) is 18.7 Å². The van der Waals surface area contributed by atoms with E-state index in [4.69, 9.17) is 10.2 Å². The molecule has 0 spiro atoms. The summed E-state index contributed by atoms with van der Waals surface area (Å²) in [5.74, 6) is -4.12. The lowest BCUT2D eigenvalue weighted by Gasteiger charge is -2.15. The number of hydrogen-bond acceptors (Lipinski definition) is 5. The third kappa shape index (κ3) is 5.11. The van der Waals surface area contributed by atoms with E-state index in [0.29, 0.717) is 0 Å². The van der Waals surface area contributed by atoms with Crippen LogP contribution in [0.2, 0.25) is 0 Å². The molecule has 1 aliphatic heterocycles. The number of carbonyl (C=O) groups is 1. The van der Waals surface area contributed by atoms with Crippen molar-refractivity contribution in [2.45, 2.75) is 6.10 Å². The molecule has 2 rings (SSSR count). The average molecular weight is 470 g/mol. The number of nitrogens with one attached hydrogen (secondary N) is 2. The fourth-order valence-electron chi connectivity index (χ4n) is 1.74. The second-order valence-electron chi connectivity index (χ2n) is 4.78. The van der Waals surface area contributed by atoms with Gasteiger partial charge in [-0.2, -0.15) is 0 Å². The van der Waals surface area contributed by atoms with Crippen molar-refractivity contribution in [3.05, 3.63) is 51.0 Å². The third-order valence-electron chi connectivity index (χ3n) is 2.97. The van der Waals surface area contributed by atoms with E-state index in [-0.39, 0.29) is 11.3 Å². The van der Waals surface area contributed by atoms with Crippen molar-refractivity contribution in [3.63, 3.8) is 0 Å². The third-order valence-corrected chi connectivity index (χ3v) is 4.65. The Balaban J connectivity index is 2.23. The van der Waals surface area contributed by atoms with E-state index in [9.17, 15) is 18.0 Å². The molecule has 1 heterocycles. The molecule has 0 radical (unpaired) electrons. The maximum absolute atomic E-state index is 14.1. The molecule has 6 nitrogen and oxygen atoms in total. The lowest BCUT2D eigenvalue weighted by Crippen LogP contribution is -2.30. The van der Waals surface area contributed by atoms with Gasteiger partial charge in [0.15, 0.2) is 17.5 Å². The summed E-state index contributed by atoms with van der Waals surface area (Å²) >= 11 is -0.570. The van der Waals surface area contributed by atoms with E-state index >= 15 is 0 Å². The summed E-state index contributed by atoms with van der Waals surface area (Å²) in [5.41, 5.74) is 0.958. The first-order chi connectivity index (χ1) is 11.9. The number of carbonyl (C=O) groups excluding carboxylic acids is 1. The second-order valence-corrected chi connectivity index (χ2v) is 6.84. The fourth-order valence-corrected chi connectivity index (χ4v) is 3.16. The zero-order valence-corrected chi connectivity index (χ0v) is 14.8. The van der Waals surface area contributed by atoms with Crippen molar-refractivity contribution in [2.24, 2.45) is 0 Å². The second kappa shape index (κ2) is 9.08. The highest BCUT2D eigenvalue weighted by Gasteiger charge is 2.21. The van der Waals surface area contributed by atoms with Crippen LogP contribution in [0.3, 0.4) is 0 Å². The number of aliphatic hydroxyl groups is 2. The van der Waals surface area contributed by atoms with Gasteiger partial charge in [0.2, 0.25) is 0 Å². The van der Waals surface area contributed by atoms with Gasteiger partial charge in [0, 0.05) is 4.01 Å². The van der Waals surface area contributed by atoms with Gasteiger partial charge in [-0.3, -0.25) is 9.63 Å². The molecule has 0 aromatic heterocycles. The summed E-state index contributed by atoms with van der Waals surface area (Å²) in [6.07, 6.45) is 0.177. The summed E-state index contributed by atoms with van der Waals surface area (Å²) in [6, 6.07) is 1.75. The Morgan fingerprint density at radius 3 is 2.76 bits per heavy atom. The number of hydroxylamine groups is 1. The number of halogens is 4. The smallest absolute Gasteiger partial charge is 0.277 e. The number of rotatable bonds is 7. The predicted molar refractivity (Wildman–Crippen MR) is 93.8 cm³/mol. The molecule has 0 saturated heterocycles. The summed E-state index contributed by atoms with van der Waals surface area (Å²) < 4.78 is 44.4. The molecule has 10 heteroatoms. The Bertz CT molecular complexity index is 753. The van der Waals surface area contributed by atoms with E-state index in [0.717, 1.165) is 12.1 Å². The van der Waals surface area contributed by atoms with Gasteiger partial charge < -0.3 is 15.5 Å². The van der Waals surface area contributed by atoms with E-state index in [1.807, 2.05) is 5.48 Å². The summed E-state index contributed by atoms with van der Waals surface area (Å²) in [6.45, 7) is -0.984. The molecule has 4 N–H and O–H groups in total. The zero-order valence-electron chi connectivity index (χ0n) is 12.6. The van der Waals surface area contributed by atoms with Crippen LogP contribution in [0, 0.1) is 11.6 Å². The number of anilines is 1.